The zero-order valence-electron chi connectivity index (χ0n) is 13.4. The van der Waals surface area contributed by atoms with Crippen LogP contribution in [0.25, 0.3) is 0 Å². The molecule has 0 saturated carbocycles. The lowest BCUT2D eigenvalue weighted by Gasteiger charge is -2.38. The van der Waals surface area contributed by atoms with Crippen molar-refractivity contribution in [2.24, 2.45) is 5.92 Å². The average Bonchev–Trinajstić information content (AvgIpc) is 3.10. The summed E-state index contributed by atoms with van der Waals surface area (Å²) in [6.45, 7) is 4.20. The summed E-state index contributed by atoms with van der Waals surface area (Å²) in [6.07, 6.45) is 7.46. The first kappa shape index (κ1) is 15.3. The summed E-state index contributed by atoms with van der Waals surface area (Å²) < 4.78 is 5.59. The monoisotopic (exact) mass is 337 g/mol. The molecule has 1 heterocycles. The van der Waals surface area contributed by atoms with Gasteiger partial charge in [0.05, 0.1) is 16.8 Å². The molecular formula is C21H20ClNO. The summed E-state index contributed by atoms with van der Waals surface area (Å²) in [5, 5.41) is 4.48. The van der Waals surface area contributed by atoms with Crippen LogP contribution in [0.4, 0.5) is 5.69 Å². The predicted octanol–water partition coefficient (Wildman–Crippen LogP) is 5.73. The molecule has 0 aromatic heterocycles. The van der Waals surface area contributed by atoms with Gasteiger partial charge in [-0.25, -0.2) is 0 Å². The van der Waals surface area contributed by atoms with E-state index in [9.17, 15) is 0 Å². The van der Waals surface area contributed by atoms with E-state index in [1.54, 1.807) is 6.08 Å². The fourth-order valence-corrected chi connectivity index (χ4v) is 4.08. The van der Waals surface area contributed by atoms with Crippen molar-refractivity contribution < 1.29 is 4.74 Å². The minimum Gasteiger partial charge on any atom is -0.490 e. The van der Waals surface area contributed by atoms with Crippen molar-refractivity contribution in [1.29, 1.82) is 0 Å². The van der Waals surface area contributed by atoms with Crippen molar-refractivity contribution in [1.82, 2.24) is 0 Å². The summed E-state index contributed by atoms with van der Waals surface area (Å²) >= 11 is 6.45. The van der Waals surface area contributed by atoms with Crippen LogP contribution in [0.2, 0.25) is 5.02 Å². The molecule has 4 rings (SSSR count). The number of benzene rings is 2. The third kappa shape index (κ3) is 2.61. The van der Waals surface area contributed by atoms with Gasteiger partial charge in [0, 0.05) is 5.92 Å². The molecule has 0 fully saturated rings. The highest BCUT2D eigenvalue weighted by atomic mass is 35.5. The zero-order valence-corrected chi connectivity index (χ0v) is 14.2. The van der Waals surface area contributed by atoms with Crippen molar-refractivity contribution in [3.05, 3.63) is 83.4 Å². The van der Waals surface area contributed by atoms with Crippen LogP contribution in [-0.2, 0) is 0 Å². The molecule has 1 aliphatic carbocycles. The van der Waals surface area contributed by atoms with Crippen molar-refractivity contribution >= 4 is 17.3 Å². The first-order valence-electron chi connectivity index (χ1n) is 8.33. The van der Waals surface area contributed by atoms with E-state index in [2.05, 4.69) is 42.2 Å². The van der Waals surface area contributed by atoms with E-state index in [1.807, 2.05) is 24.3 Å². The molecule has 2 aromatic carbocycles. The van der Waals surface area contributed by atoms with Gasteiger partial charge in [0.2, 0.25) is 0 Å². The molecule has 1 aliphatic heterocycles. The van der Waals surface area contributed by atoms with E-state index in [0.29, 0.717) is 18.4 Å². The topological polar surface area (TPSA) is 21.3 Å². The molecule has 0 bridgehead atoms. The third-order valence-corrected chi connectivity index (χ3v) is 5.27. The summed E-state index contributed by atoms with van der Waals surface area (Å²) in [5.74, 6) is 1.83. The second kappa shape index (κ2) is 6.37. The number of anilines is 1. The van der Waals surface area contributed by atoms with Gasteiger partial charge in [-0.1, -0.05) is 60.7 Å². The summed E-state index contributed by atoms with van der Waals surface area (Å²) in [5.41, 5.74) is 3.65. The van der Waals surface area contributed by atoms with Crippen LogP contribution in [0.5, 0.6) is 5.75 Å². The van der Waals surface area contributed by atoms with Crippen LogP contribution in [0.1, 0.15) is 29.5 Å². The van der Waals surface area contributed by atoms with Crippen molar-refractivity contribution in [2.45, 2.75) is 18.4 Å². The van der Waals surface area contributed by atoms with Gasteiger partial charge in [-0.2, -0.15) is 0 Å². The summed E-state index contributed by atoms with van der Waals surface area (Å²) in [4.78, 5) is 0. The second-order valence-corrected chi connectivity index (χ2v) is 6.76. The minimum atomic E-state index is 0.255. The van der Waals surface area contributed by atoms with Crippen molar-refractivity contribution in [3.8, 4) is 5.75 Å². The van der Waals surface area contributed by atoms with Gasteiger partial charge in [-0.15, -0.1) is 0 Å². The van der Waals surface area contributed by atoms with Crippen molar-refractivity contribution in [3.63, 3.8) is 0 Å². The Kier molecular flexibility index (Phi) is 4.07. The van der Waals surface area contributed by atoms with Gasteiger partial charge in [-0.05, 0) is 41.7 Å². The average molecular weight is 338 g/mol. The molecule has 24 heavy (non-hydrogen) atoms. The molecular weight excluding hydrogens is 318 g/mol. The first-order chi connectivity index (χ1) is 11.8. The Hall–Kier alpha value is -2.19. The van der Waals surface area contributed by atoms with E-state index in [0.717, 1.165) is 22.9 Å². The number of allylic oxidation sites excluding steroid dienone is 2. The molecule has 0 amide bonds. The van der Waals surface area contributed by atoms with Crippen LogP contribution in [-0.4, -0.2) is 6.61 Å². The minimum absolute atomic E-state index is 0.255. The van der Waals surface area contributed by atoms with E-state index >= 15 is 0 Å². The van der Waals surface area contributed by atoms with Crippen molar-refractivity contribution in [2.75, 3.05) is 11.9 Å². The fourth-order valence-electron chi connectivity index (χ4n) is 3.84. The van der Waals surface area contributed by atoms with Crippen LogP contribution >= 0.6 is 11.6 Å². The van der Waals surface area contributed by atoms with E-state index in [-0.39, 0.29) is 6.04 Å². The predicted molar refractivity (Wildman–Crippen MR) is 99.9 cm³/mol. The Labute approximate surface area is 147 Å². The quantitative estimate of drug-likeness (QED) is 0.719. The zero-order chi connectivity index (χ0) is 16.5. The second-order valence-electron chi connectivity index (χ2n) is 6.35. The van der Waals surface area contributed by atoms with Gasteiger partial charge in [0.25, 0.3) is 0 Å². The van der Waals surface area contributed by atoms with E-state index in [4.69, 9.17) is 16.3 Å². The molecule has 0 radical (unpaired) electrons. The Morgan fingerprint density at radius 2 is 2.04 bits per heavy atom. The Balaban J connectivity index is 1.66. The maximum Gasteiger partial charge on any atom is 0.119 e. The number of halogens is 1. The third-order valence-electron chi connectivity index (χ3n) is 4.95. The largest absolute Gasteiger partial charge is 0.490 e. The maximum atomic E-state index is 6.45. The molecule has 1 N–H and O–H groups in total. The highest BCUT2D eigenvalue weighted by Gasteiger charge is 2.38. The number of hydrogen-bond acceptors (Lipinski definition) is 2. The Morgan fingerprint density at radius 3 is 2.83 bits per heavy atom. The summed E-state index contributed by atoms with van der Waals surface area (Å²) in [6, 6.07) is 14.8. The SMILES string of the molecule is C=CCOc1ccc([C@@H]2Nc3c(Cl)cccc3[C@@H]3C=CC[C@@H]32)cc1. The maximum absolute atomic E-state index is 6.45. The standard InChI is InChI=1S/C21H20ClNO/c1-2-13-24-15-11-9-14(10-12-15)20-17-6-3-5-16(17)18-7-4-8-19(22)21(18)23-20/h2-5,7-12,16-17,20,23H,1,6,13H2/t16-,17+,20+/m1/s1. The van der Waals surface area contributed by atoms with Crippen LogP contribution in [0.3, 0.4) is 0 Å². The van der Waals surface area contributed by atoms with Gasteiger partial charge in [-0.3, -0.25) is 0 Å². The number of nitrogens with one attached hydrogen (secondary N) is 1. The van der Waals surface area contributed by atoms with Gasteiger partial charge < -0.3 is 10.1 Å². The number of fused-ring (bicyclic) bond motifs is 3. The summed E-state index contributed by atoms with van der Waals surface area (Å²) in [7, 11) is 0. The number of ether oxygens (including phenoxy) is 1. The molecule has 3 atom stereocenters. The smallest absolute Gasteiger partial charge is 0.119 e. The highest BCUT2D eigenvalue weighted by Crippen LogP contribution is 2.51. The molecule has 0 saturated heterocycles. The lowest BCUT2D eigenvalue weighted by atomic mass is 9.77. The molecule has 2 aliphatic rings. The van der Waals surface area contributed by atoms with Gasteiger partial charge in [0.1, 0.15) is 12.4 Å². The van der Waals surface area contributed by atoms with E-state index in [1.165, 1.54) is 11.1 Å². The van der Waals surface area contributed by atoms with Crippen LogP contribution in [0, 0.1) is 5.92 Å². The highest BCUT2D eigenvalue weighted by molar-refractivity contribution is 6.33. The lowest BCUT2D eigenvalue weighted by Crippen LogP contribution is -2.29. The van der Waals surface area contributed by atoms with Gasteiger partial charge in [0.15, 0.2) is 0 Å². The lowest BCUT2D eigenvalue weighted by molar-refractivity contribution is 0.362. The Bertz CT molecular complexity index is 781. The molecule has 0 spiro atoms. The normalized spacial score (nSPS) is 24.0. The number of rotatable bonds is 4. The van der Waals surface area contributed by atoms with E-state index < -0.39 is 0 Å². The number of para-hydroxylation sites is 1. The molecule has 3 heteroatoms. The number of hydrogen-bond donors (Lipinski definition) is 1. The molecule has 2 aromatic rings. The Morgan fingerprint density at radius 1 is 1.21 bits per heavy atom. The van der Waals surface area contributed by atoms with Gasteiger partial charge >= 0.3 is 0 Å². The molecule has 2 nitrogen and oxygen atoms in total. The van der Waals surface area contributed by atoms with Crippen LogP contribution < -0.4 is 10.1 Å². The van der Waals surface area contributed by atoms with Crippen LogP contribution in [0.15, 0.2) is 67.3 Å². The fraction of sp³-hybridized carbons (Fsp3) is 0.238. The molecule has 0 unspecified atom stereocenters. The molecule has 122 valence electrons. The first-order valence-corrected chi connectivity index (χ1v) is 8.71.